The normalized spacial score (nSPS) is 15.2. The Hall–Kier alpha value is -4.45. The molecule has 5 fully saturated rings. The molecule has 0 amide bonds. The molecular weight excluding hydrogens is 995 g/mol. The van der Waals surface area contributed by atoms with Gasteiger partial charge in [-0.05, 0) is 181 Å². The molecule has 1 radical (unpaired) electrons. The first kappa shape index (κ1) is 65.1. The maximum Gasteiger partial charge on any atom is 2.00 e. The zero-order chi connectivity index (χ0) is 53.4. The minimum atomic E-state index is -0.653. The van der Waals surface area contributed by atoms with Crippen molar-refractivity contribution < 1.29 is 60.8 Å². The summed E-state index contributed by atoms with van der Waals surface area (Å²) >= 11 is 0. The van der Waals surface area contributed by atoms with Crippen LogP contribution in [-0.4, -0.2) is 71.1 Å². The molecule has 7 aromatic rings. The van der Waals surface area contributed by atoms with Gasteiger partial charge in [-0.3, -0.25) is 4.98 Å². The van der Waals surface area contributed by atoms with Crippen LogP contribution in [0.15, 0.2) is 103 Å². The molecule has 0 atom stereocenters. The van der Waals surface area contributed by atoms with Gasteiger partial charge in [-0.1, -0.05) is 109 Å². The Morgan fingerprint density at radius 1 is 0.416 bits per heavy atom. The van der Waals surface area contributed by atoms with Crippen molar-refractivity contribution in [2.75, 3.05) is 66.1 Å². The van der Waals surface area contributed by atoms with Crippen LogP contribution in [0.5, 0.6) is 0 Å². The molecular formula is C66H87CoLiN4O5. The molecule has 4 aromatic heterocycles. The van der Waals surface area contributed by atoms with E-state index in [0.29, 0.717) is 0 Å². The third kappa shape index (κ3) is 20.0. The van der Waals surface area contributed by atoms with Crippen LogP contribution in [0.3, 0.4) is 0 Å². The van der Waals surface area contributed by atoms with Crippen molar-refractivity contribution in [2.45, 2.75) is 132 Å². The Balaban J connectivity index is 0.000000373. The number of pyridine rings is 1. The summed E-state index contributed by atoms with van der Waals surface area (Å²) in [5.41, 5.74) is 20.1. The molecule has 0 bridgehead atoms. The first-order valence-corrected chi connectivity index (χ1v) is 27.6. The quantitative estimate of drug-likeness (QED) is 0.119. The maximum absolute atomic E-state index is 5.33. The number of nitrogens with zero attached hydrogens (tertiary/aromatic N) is 4. The fourth-order valence-corrected chi connectivity index (χ4v) is 10.3. The third-order valence-electron chi connectivity index (χ3n) is 13.8. The number of aromatic nitrogens is 4. The molecule has 3 aromatic carbocycles. The fraction of sp³-hybridized carbons (Fsp3) is 0.455. The summed E-state index contributed by atoms with van der Waals surface area (Å²) in [6.07, 6.45) is 17.0. The second-order valence-corrected chi connectivity index (χ2v) is 20.5. The standard InChI is InChI=1S/C41H42N3.C5H5N.4C4H8O.C4H7O.Co.Li/c1-23-17-26(4)38(27(5)18-23)32-11-14-35(42-32)41(10,36-15-12-33(43-36)39-28(6)19-24(2)20-29(39)7)37-16-13-34(44-37)40-30(8)21-25(3)22-31(40)9;1-2-4-6-5-3-1;5*1-2-4-5-3-1;;/h11-22H,1-10H3;1-5H;4*1-4H2;1H,2-4H2;;/q-3;;;;;;-1;+2;+1/p+1. The second kappa shape index (κ2) is 34.5. The summed E-state index contributed by atoms with van der Waals surface area (Å²) < 4.78 is 24.7. The minimum absolute atomic E-state index is 0. The van der Waals surface area contributed by atoms with Crippen LogP contribution in [0.4, 0.5) is 0 Å². The van der Waals surface area contributed by atoms with E-state index in [9.17, 15) is 0 Å². The topological polar surface area (TPSA) is 101 Å². The zero-order valence-electron chi connectivity index (χ0n) is 49.5. The van der Waals surface area contributed by atoms with E-state index >= 15 is 0 Å². The van der Waals surface area contributed by atoms with Crippen LogP contribution >= 0.6 is 0 Å². The summed E-state index contributed by atoms with van der Waals surface area (Å²) in [6.45, 7) is 31.6. The molecule has 5 saturated heterocycles. The van der Waals surface area contributed by atoms with Crippen molar-refractivity contribution >= 4 is 0 Å². The molecule has 5 aliphatic heterocycles. The van der Waals surface area contributed by atoms with Crippen molar-refractivity contribution in [3.8, 4) is 33.8 Å². The number of aryl methyl sites for hydroxylation is 9. The Morgan fingerprint density at radius 2 is 0.701 bits per heavy atom. The van der Waals surface area contributed by atoms with Gasteiger partial charge in [-0.25, -0.2) is 0 Å². The molecule has 77 heavy (non-hydrogen) atoms. The SMILES string of the molecule is C1CCOC1.C1CCOC1.C1CCOC1.C1CCOC1.Cc1cc(C)c(-c2ccc(C(C)(c3ccc(-c4c(C)cc(C)cc4C)[n-]3)c3ccc(-c4c(C)cc(C)cc4C)[n-]3)[n-]2)c(C)c1.[CH-]1CCOC1.[Co+2].[H+].[Li+].c1ccncc1. The van der Waals surface area contributed by atoms with Crippen LogP contribution in [0.25, 0.3) is 33.8 Å². The van der Waals surface area contributed by atoms with Crippen molar-refractivity contribution in [3.05, 3.63) is 177 Å². The largest absolute Gasteiger partial charge is 2.00 e. The number of hydrogen-bond donors (Lipinski definition) is 0. The predicted molar refractivity (Wildman–Crippen MR) is 309 cm³/mol. The second-order valence-electron chi connectivity index (χ2n) is 20.5. The van der Waals surface area contributed by atoms with Crippen molar-refractivity contribution in [2.24, 2.45) is 0 Å². The summed E-state index contributed by atoms with van der Waals surface area (Å²) in [7, 11) is 0. The zero-order valence-corrected chi connectivity index (χ0v) is 49.5. The van der Waals surface area contributed by atoms with Gasteiger partial charge in [0.25, 0.3) is 0 Å². The number of rotatable bonds is 6. The van der Waals surface area contributed by atoms with Gasteiger partial charge in [0.05, 0.1) is 0 Å². The minimum Gasteiger partial charge on any atom is -0.660 e. The Morgan fingerprint density at radius 3 is 0.870 bits per heavy atom. The van der Waals surface area contributed by atoms with Crippen LogP contribution in [0, 0.1) is 68.7 Å². The molecule has 411 valence electrons. The van der Waals surface area contributed by atoms with Gasteiger partial charge >= 0.3 is 37.1 Å². The number of hydrogen-bond acceptors (Lipinski definition) is 6. The molecule has 9 nitrogen and oxygen atoms in total. The summed E-state index contributed by atoms with van der Waals surface area (Å²) in [5.74, 6) is 0. The fourth-order valence-electron chi connectivity index (χ4n) is 10.3. The van der Waals surface area contributed by atoms with Crippen molar-refractivity contribution in [1.29, 1.82) is 0 Å². The number of benzene rings is 3. The molecule has 0 unspecified atom stereocenters. The van der Waals surface area contributed by atoms with Crippen LogP contribution in [0.2, 0.25) is 0 Å². The van der Waals surface area contributed by atoms with Crippen LogP contribution < -0.4 is 33.8 Å². The van der Waals surface area contributed by atoms with Gasteiger partial charge in [0.15, 0.2) is 0 Å². The summed E-state index contributed by atoms with van der Waals surface area (Å²) in [6, 6.07) is 32.1. The predicted octanol–water partition coefficient (Wildman–Crippen LogP) is 11.7. The van der Waals surface area contributed by atoms with Gasteiger partial charge in [0.1, 0.15) is 0 Å². The number of ether oxygens (including phenoxy) is 5. The first-order valence-electron chi connectivity index (χ1n) is 27.6. The van der Waals surface area contributed by atoms with Gasteiger partial charge < -0.3 is 45.1 Å². The van der Waals surface area contributed by atoms with E-state index in [1.807, 2.05) is 18.2 Å². The van der Waals surface area contributed by atoms with E-state index in [0.717, 1.165) is 107 Å². The maximum atomic E-state index is 5.33. The average molecular weight is 1080 g/mol. The van der Waals surface area contributed by atoms with E-state index in [4.69, 9.17) is 38.6 Å². The average Bonchev–Trinajstić information content (AvgIpc) is 4.23. The Kier molecular flexibility index (Phi) is 29.2. The van der Waals surface area contributed by atoms with Crippen molar-refractivity contribution in [3.63, 3.8) is 0 Å². The summed E-state index contributed by atoms with van der Waals surface area (Å²) in [4.78, 5) is 19.8. The molecule has 12 rings (SSSR count). The van der Waals surface area contributed by atoms with E-state index in [1.165, 1.54) is 118 Å². The van der Waals surface area contributed by atoms with Gasteiger partial charge in [-0.15, -0.1) is 34.2 Å². The Labute approximate surface area is 487 Å². The van der Waals surface area contributed by atoms with E-state index in [-0.39, 0.29) is 37.1 Å². The van der Waals surface area contributed by atoms with Crippen LogP contribution in [0.1, 0.15) is 133 Å². The van der Waals surface area contributed by atoms with Gasteiger partial charge in [0, 0.05) is 71.9 Å². The molecule has 5 aliphatic rings. The van der Waals surface area contributed by atoms with Gasteiger partial charge in [-0.2, -0.15) is 6.42 Å². The monoisotopic (exact) mass is 1080 g/mol. The molecule has 0 spiro atoms. The van der Waals surface area contributed by atoms with Crippen molar-refractivity contribution in [1.82, 2.24) is 19.9 Å². The van der Waals surface area contributed by atoms with E-state index < -0.39 is 5.41 Å². The van der Waals surface area contributed by atoms with E-state index in [2.05, 4.69) is 153 Å². The Bertz CT molecular complexity index is 2330. The molecule has 0 saturated carbocycles. The molecule has 0 aliphatic carbocycles. The van der Waals surface area contributed by atoms with Gasteiger partial charge in [0.2, 0.25) is 0 Å². The smallest absolute Gasteiger partial charge is 0.660 e. The summed E-state index contributed by atoms with van der Waals surface area (Å²) in [5, 5.41) is 0. The van der Waals surface area contributed by atoms with Crippen LogP contribution in [-0.2, 0) is 45.9 Å². The first-order chi connectivity index (χ1) is 36.4. The molecule has 9 heterocycles. The third-order valence-corrected chi connectivity index (χ3v) is 13.8. The van der Waals surface area contributed by atoms with E-state index in [1.54, 1.807) is 12.4 Å². The molecule has 11 heteroatoms. The molecule has 0 N–H and O–H groups in total.